The Bertz CT molecular complexity index is 1420. The number of nitrogens with zero attached hydrogens (tertiary/aromatic N) is 5. The van der Waals surface area contributed by atoms with Gasteiger partial charge in [0.15, 0.2) is 0 Å². The van der Waals surface area contributed by atoms with Crippen molar-refractivity contribution in [3.05, 3.63) is 89.1 Å². The summed E-state index contributed by atoms with van der Waals surface area (Å²) in [5.74, 6) is -0.920. The first-order chi connectivity index (χ1) is 20.9. The van der Waals surface area contributed by atoms with Crippen molar-refractivity contribution in [2.75, 3.05) is 39.8 Å². The molecular formula is C34H41N5O3S. The number of carboxylic acids is 1. The van der Waals surface area contributed by atoms with E-state index in [9.17, 15) is 9.59 Å². The Morgan fingerprint density at radius 3 is 2.23 bits per heavy atom. The Morgan fingerprint density at radius 1 is 0.907 bits per heavy atom. The monoisotopic (exact) mass is 599 g/mol. The second-order valence-electron chi connectivity index (χ2n) is 12.1. The van der Waals surface area contributed by atoms with Crippen molar-refractivity contribution in [3.63, 3.8) is 0 Å². The quantitative estimate of drug-likeness (QED) is 0.352. The van der Waals surface area contributed by atoms with Crippen LogP contribution < -0.4 is 0 Å². The molecule has 3 aromatic rings. The zero-order valence-electron chi connectivity index (χ0n) is 25.1. The van der Waals surface area contributed by atoms with Gasteiger partial charge in [0.2, 0.25) is 0 Å². The number of benzene rings is 2. The highest BCUT2D eigenvalue weighted by atomic mass is 32.2. The van der Waals surface area contributed by atoms with Gasteiger partial charge >= 0.3 is 12.0 Å². The van der Waals surface area contributed by atoms with Crippen LogP contribution in [0.3, 0.4) is 0 Å². The summed E-state index contributed by atoms with van der Waals surface area (Å²) in [4.78, 5) is 40.2. The van der Waals surface area contributed by atoms with Crippen molar-refractivity contribution < 1.29 is 14.7 Å². The molecule has 0 bridgehead atoms. The number of carbonyl (C=O) groups excluding carboxylic acids is 1. The van der Waals surface area contributed by atoms with E-state index in [1.54, 1.807) is 12.1 Å². The number of likely N-dealkylation sites (tertiary alicyclic amines) is 2. The van der Waals surface area contributed by atoms with Gasteiger partial charge in [-0.05, 0) is 94.2 Å². The number of carbonyl (C=O) groups is 2. The number of amides is 2. The summed E-state index contributed by atoms with van der Waals surface area (Å²) in [6.07, 6.45) is 4.06. The SMILES string of the molecule is Cc1nc(Sc2ccc(C(=O)O)cc2)ccc1CN1CCC(N2C(=O)N(C3CCN(C)CC3)C[C@H]2c2ccccc2)CC1. The van der Waals surface area contributed by atoms with Crippen LogP contribution >= 0.6 is 11.8 Å². The maximum Gasteiger partial charge on any atom is 0.335 e. The van der Waals surface area contributed by atoms with Gasteiger partial charge in [0.05, 0.1) is 11.6 Å². The van der Waals surface area contributed by atoms with Crippen LogP contribution in [-0.2, 0) is 6.54 Å². The first-order valence-electron chi connectivity index (χ1n) is 15.4. The van der Waals surface area contributed by atoms with E-state index < -0.39 is 5.97 Å². The molecule has 2 aromatic carbocycles. The summed E-state index contributed by atoms with van der Waals surface area (Å²) in [7, 11) is 2.17. The molecule has 9 heteroatoms. The third-order valence-electron chi connectivity index (χ3n) is 9.32. The van der Waals surface area contributed by atoms with E-state index >= 15 is 0 Å². The highest BCUT2D eigenvalue weighted by Gasteiger charge is 2.45. The fraction of sp³-hybridized carbons (Fsp3) is 0.441. The fourth-order valence-corrected chi connectivity index (χ4v) is 7.60. The number of piperidine rings is 2. The summed E-state index contributed by atoms with van der Waals surface area (Å²) < 4.78 is 0. The Hall–Kier alpha value is -3.40. The van der Waals surface area contributed by atoms with Crippen molar-refractivity contribution in [2.45, 2.75) is 67.2 Å². The molecule has 0 aliphatic carbocycles. The highest BCUT2D eigenvalue weighted by Crippen LogP contribution is 2.37. The molecule has 3 aliphatic heterocycles. The summed E-state index contributed by atoms with van der Waals surface area (Å²) >= 11 is 1.54. The van der Waals surface area contributed by atoms with Crippen LogP contribution in [0, 0.1) is 6.92 Å². The molecule has 3 aliphatic rings. The molecule has 43 heavy (non-hydrogen) atoms. The Morgan fingerprint density at radius 2 is 1.58 bits per heavy atom. The minimum Gasteiger partial charge on any atom is -0.478 e. The lowest BCUT2D eigenvalue weighted by Crippen LogP contribution is -2.49. The third-order valence-corrected chi connectivity index (χ3v) is 10.3. The van der Waals surface area contributed by atoms with Crippen LogP contribution in [0.1, 0.15) is 58.9 Å². The van der Waals surface area contributed by atoms with Crippen molar-refractivity contribution >= 4 is 23.8 Å². The highest BCUT2D eigenvalue weighted by molar-refractivity contribution is 7.99. The van der Waals surface area contributed by atoms with Gasteiger partial charge in [-0.2, -0.15) is 0 Å². The molecule has 8 nitrogen and oxygen atoms in total. The number of aromatic nitrogens is 1. The standard InChI is InChI=1S/C34H41N5O3S/c1-24-27(10-13-32(35-24)43-30-11-8-26(9-12-30)33(40)41)22-37-20-16-29(17-21-37)39-31(25-6-4-3-5-7-25)23-38(34(39)42)28-14-18-36(2)19-15-28/h3-13,28-29,31H,14-23H2,1-2H3,(H,40,41)/t31-/m0/s1. The molecule has 1 N–H and O–H groups in total. The Labute approximate surface area is 258 Å². The number of hydrogen-bond donors (Lipinski definition) is 1. The van der Waals surface area contributed by atoms with Crippen LogP contribution in [-0.4, -0.2) is 93.5 Å². The van der Waals surface area contributed by atoms with Gasteiger partial charge in [-0.1, -0.05) is 48.2 Å². The zero-order chi connectivity index (χ0) is 29.9. The van der Waals surface area contributed by atoms with E-state index in [2.05, 4.69) is 76.0 Å². The zero-order valence-corrected chi connectivity index (χ0v) is 25.9. The largest absolute Gasteiger partial charge is 0.478 e. The van der Waals surface area contributed by atoms with Gasteiger partial charge in [0.1, 0.15) is 5.03 Å². The van der Waals surface area contributed by atoms with E-state index in [0.29, 0.717) is 6.04 Å². The molecule has 0 spiro atoms. The topological polar surface area (TPSA) is 80.2 Å². The van der Waals surface area contributed by atoms with Crippen molar-refractivity contribution in [2.24, 2.45) is 0 Å². The number of aryl methyl sites for hydroxylation is 1. The van der Waals surface area contributed by atoms with Crippen LogP contribution in [0.4, 0.5) is 4.79 Å². The molecule has 0 radical (unpaired) electrons. The molecule has 3 fully saturated rings. The lowest BCUT2D eigenvalue weighted by atomic mass is 9.98. The fourth-order valence-electron chi connectivity index (χ4n) is 6.77. The molecule has 1 aromatic heterocycles. The van der Waals surface area contributed by atoms with E-state index in [1.807, 2.05) is 12.1 Å². The van der Waals surface area contributed by atoms with E-state index in [0.717, 1.165) is 80.6 Å². The molecule has 1 atom stereocenters. The molecule has 2 amide bonds. The lowest BCUT2D eigenvalue weighted by molar-refractivity contribution is 0.0696. The predicted octanol–water partition coefficient (Wildman–Crippen LogP) is 5.78. The number of carboxylic acid groups (broad SMARTS) is 1. The molecule has 226 valence electrons. The number of aromatic carboxylic acids is 1. The summed E-state index contributed by atoms with van der Waals surface area (Å²) in [5, 5.41) is 10.0. The van der Waals surface area contributed by atoms with Crippen LogP contribution in [0.25, 0.3) is 0 Å². The average Bonchev–Trinajstić information content (AvgIpc) is 3.37. The molecule has 3 saturated heterocycles. The number of hydrogen-bond acceptors (Lipinski definition) is 6. The normalized spacial score (nSPS) is 21.1. The number of urea groups is 1. The van der Waals surface area contributed by atoms with Gasteiger partial charge in [-0.3, -0.25) is 4.90 Å². The van der Waals surface area contributed by atoms with E-state index in [-0.39, 0.29) is 23.7 Å². The van der Waals surface area contributed by atoms with E-state index in [1.165, 1.54) is 22.9 Å². The van der Waals surface area contributed by atoms with Gasteiger partial charge < -0.3 is 19.8 Å². The van der Waals surface area contributed by atoms with Crippen molar-refractivity contribution in [3.8, 4) is 0 Å². The summed E-state index contributed by atoms with van der Waals surface area (Å²) in [6.45, 7) is 7.71. The lowest BCUT2D eigenvalue weighted by Gasteiger charge is -2.39. The van der Waals surface area contributed by atoms with Crippen LogP contribution in [0.5, 0.6) is 0 Å². The number of pyridine rings is 1. The van der Waals surface area contributed by atoms with Gasteiger partial charge in [-0.25, -0.2) is 14.6 Å². The first kappa shape index (κ1) is 29.7. The smallest absolute Gasteiger partial charge is 0.335 e. The minimum atomic E-state index is -0.920. The molecular weight excluding hydrogens is 558 g/mol. The van der Waals surface area contributed by atoms with E-state index in [4.69, 9.17) is 10.1 Å². The Kier molecular flexibility index (Phi) is 9.02. The summed E-state index contributed by atoms with van der Waals surface area (Å²) in [5.41, 5.74) is 3.76. The third kappa shape index (κ3) is 6.74. The average molecular weight is 600 g/mol. The molecule has 0 saturated carbocycles. The van der Waals surface area contributed by atoms with Crippen molar-refractivity contribution in [1.29, 1.82) is 0 Å². The number of rotatable bonds is 8. The molecule has 4 heterocycles. The maximum absolute atomic E-state index is 14.0. The van der Waals surface area contributed by atoms with Gasteiger partial charge in [0.25, 0.3) is 0 Å². The van der Waals surface area contributed by atoms with Crippen LogP contribution in [0.2, 0.25) is 0 Å². The van der Waals surface area contributed by atoms with Crippen LogP contribution in [0.15, 0.2) is 76.7 Å². The maximum atomic E-state index is 14.0. The van der Waals surface area contributed by atoms with Gasteiger partial charge in [-0.15, -0.1) is 0 Å². The summed E-state index contributed by atoms with van der Waals surface area (Å²) in [6, 6.07) is 22.6. The predicted molar refractivity (Wildman–Crippen MR) is 168 cm³/mol. The minimum absolute atomic E-state index is 0.113. The second kappa shape index (κ2) is 13.1. The molecule has 6 rings (SSSR count). The second-order valence-corrected chi connectivity index (χ2v) is 13.2. The van der Waals surface area contributed by atoms with Crippen molar-refractivity contribution in [1.82, 2.24) is 24.6 Å². The van der Waals surface area contributed by atoms with Gasteiger partial charge in [0, 0.05) is 48.9 Å². The molecule has 0 unspecified atom stereocenters. The Balaban J connectivity index is 1.08. The first-order valence-corrected chi connectivity index (χ1v) is 16.2.